The molecule has 1 saturated heterocycles. The summed E-state index contributed by atoms with van der Waals surface area (Å²) in [6, 6.07) is 5.70. The SMILES string of the molecule is CC(C)(COP(=O)([O-])OP(=O)([O-])OC[C@H]1O[C@@H](n2cnc3c(N)ncnc32)[C@H](O)[C@@H]1OP(=O)([O-])[O-])[C@@H](O)C(=O)NCCC(=O)NCCSC(=O)CC(O)c1ccc(O)cc1. The van der Waals surface area contributed by atoms with Gasteiger partial charge in [0.1, 0.15) is 42.0 Å². The van der Waals surface area contributed by atoms with Gasteiger partial charge in [-0.15, -0.1) is 0 Å². The number of phosphoric acid groups is 3. The second-order valence-electron chi connectivity index (χ2n) is 13.5. The predicted molar refractivity (Wildman–Crippen MR) is 196 cm³/mol. The lowest BCUT2D eigenvalue weighted by Gasteiger charge is -2.36. The van der Waals surface area contributed by atoms with E-state index in [1.54, 1.807) is 0 Å². The molecule has 3 unspecified atom stereocenters. The molecular weight excluding hydrogens is 887 g/mol. The van der Waals surface area contributed by atoms with Crippen LogP contribution in [0.4, 0.5) is 5.82 Å². The van der Waals surface area contributed by atoms with E-state index in [1.165, 1.54) is 38.1 Å². The molecule has 0 aliphatic carbocycles. The molecule has 1 aliphatic heterocycles. The van der Waals surface area contributed by atoms with Gasteiger partial charge in [0.05, 0.1) is 33.5 Å². The van der Waals surface area contributed by atoms with E-state index in [0.717, 1.165) is 29.0 Å². The largest absolute Gasteiger partial charge is 0.790 e. The van der Waals surface area contributed by atoms with Gasteiger partial charge in [-0.1, -0.05) is 37.7 Å². The van der Waals surface area contributed by atoms with E-state index in [4.69, 9.17) is 10.5 Å². The highest BCUT2D eigenvalue weighted by atomic mass is 32.2. The van der Waals surface area contributed by atoms with Gasteiger partial charge in [-0.25, -0.2) is 19.3 Å². The van der Waals surface area contributed by atoms with E-state index in [1.807, 2.05) is 0 Å². The molecule has 1 aliphatic rings. The van der Waals surface area contributed by atoms with Crippen LogP contribution in [0.15, 0.2) is 36.9 Å². The molecule has 0 saturated carbocycles. The van der Waals surface area contributed by atoms with Gasteiger partial charge in [-0.2, -0.15) is 0 Å². The number of carbonyl (C=O) groups is 3. The van der Waals surface area contributed by atoms with Crippen molar-refractivity contribution >= 4 is 69.1 Å². The number of aliphatic hydroxyl groups is 3. The van der Waals surface area contributed by atoms with Crippen LogP contribution >= 0.6 is 35.2 Å². The molecule has 334 valence electrons. The number of nitrogen functional groups attached to an aromatic ring is 1. The normalized spacial score (nSPS) is 21.5. The number of ether oxygens (including phenoxy) is 1. The molecule has 3 heterocycles. The quantitative estimate of drug-likeness (QED) is 0.0389. The number of aromatic hydroxyl groups is 1. The molecule has 8 atom stereocenters. The molecule has 2 amide bonds. The fourth-order valence-electron chi connectivity index (χ4n) is 5.30. The van der Waals surface area contributed by atoms with Crippen LogP contribution in [-0.2, 0) is 50.7 Å². The molecule has 1 fully saturated rings. The third-order valence-corrected chi connectivity index (χ3v) is 12.3. The lowest BCUT2D eigenvalue weighted by Crippen LogP contribution is -2.46. The highest BCUT2D eigenvalue weighted by molar-refractivity contribution is 8.13. The van der Waals surface area contributed by atoms with Gasteiger partial charge in [0.15, 0.2) is 22.8 Å². The maximum atomic E-state index is 12.6. The van der Waals surface area contributed by atoms with Crippen molar-refractivity contribution in [3.8, 4) is 5.75 Å². The minimum Gasteiger partial charge on any atom is -0.790 e. The number of thioether (sulfide) groups is 1. The van der Waals surface area contributed by atoms with Crippen molar-refractivity contribution in [1.82, 2.24) is 30.2 Å². The Morgan fingerprint density at radius 1 is 1.02 bits per heavy atom. The van der Waals surface area contributed by atoms with Crippen molar-refractivity contribution in [3.63, 3.8) is 0 Å². The number of phenolic OH excluding ortho intramolecular Hbond substituents is 1. The zero-order valence-corrected chi connectivity index (χ0v) is 34.9. The topological polar surface area (TPSA) is 415 Å². The number of imidazole rings is 1. The summed E-state index contributed by atoms with van der Waals surface area (Å²) in [5, 5.41) is 45.3. The highest BCUT2D eigenvalue weighted by Gasteiger charge is 2.47. The summed E-state index contributed by atoms with van der Waals surface area (Å²) < 4.78 is 60.5. The Balaban J connectivity index is 1.19. The Bertz CT molecular complexity index is 2130. The number of phenols is 1. The summed E-state index contributed by atoms with van der Waals surface area (Å²) in [4.78, 5) is 96.4. The second kappa shape index (κ2) is 20.6. The van der Waals surface area contributed by atoms with Crippen molar-refractivity contribution in [3.05, 3.63) is 42.5 Å². The van der Waals surface area contributed by atoms with Gasteiger partial charge in [-0.05, 0) is 17.7 Å². The van der Waals surface area contributed by atoms with Crippen LogP contribution in [0.3, 0.4) is 0 Å². The van der Waals surface area contributed by atoms with E-state index >= 15 is 0 Å². The number of aliphatic hydroxyl groups excluding tert-OH is 3. The van der Waals surface area contributed by atoms with Crippen LogP contribution < -0.4 is 35.9 Å². The van der Waals surface area contributed by atoms with Gasteiger partial charge in [0, 0.05) is 37.1 Å². The van der Waals surface area contributed by atoms with Crippen LogP contribution in [0.25, 0.3) is 11.2 Å². The second-order valence-corrected chi connectivity index (χ2v) is 18.7. The van der Waals surface area contributed by atoms with Crippen molar-refractivity contribution in [2.45, 2.75) is 63.4 Å². The molecule has 0 bridgehead atoms. The first kappa shape index (κ1) is 49.2. The van der Waals surface area contributed by atoms with Gasteiger partial charge < -0.3 is 79.2 Å². The molecule has 8 N–H and O–H groups in total. The summed E-state index contributed by atoms with van der Waals surface area (Å²) in [6.45, 7) is -0.171. The molecular formula is C30H40N7O19P3S-4. The van der Waals surface area contributed by atoms with E-state index in [-0.39, 0.29) is 59.5 Å². The fourth-order valence-corrected chi connectivity index (χ4v) is 8.75. The minimum absolute atomic E-state index is 0.00643. The average molecular weight is 928 g/mol. The zero-order chi connectivity index (χ0) is 44.6. The lowest BCUT2D eigenvalue weighted by molar-refractivity contribution is -0.347. The van der Waals surface area contributed by atoms with Crippen molar-refractivity contribution < 1.29 is 90.7 Å². The molecule has 4 rings (SSSR count). The van der Waals surface area contributed by atoms with E-state index in [9.17, 15) is 68.1 Å². The number of nitrogens with one attached hydrogen (secondary N) is 2. The Kier molecular flexibility index (Phi) is 16.9. The maximum Gasteiger partial charge on any atom is 0.274 e. The Hall–Kier alpha value is -3.46. The number of anilines is 1. The highest BCUT2D eigenvalue weighted by Crippen LogP contribution is 2.56. The Morgan fingerprint density at radius 3 is 2.35 bits per heavy atom. The van der Waals surface area contributed by atoms with Crippen LogP contribution in [0.2, 0.25) is 0 Å². The monoisotopic (exact) mass is 927 g/mol. The van der Waals surface area contributed by atoms with Gasteiger partial charge in [0.2, 0.25) is 11.8 Å². The molecule has 30 heteroatoms. The molecule has 60 heavy (non-hydrogen) atoms. The Labute approximate surface area is 344 Å². The number of aromatic nitrogens is 4. The van der Waals surface area contributed by atoms with Crippen LogP contribution in [0.5, 0.6) is 5.75 Å². The van der Waals surface area contributed by atoms with Gasteiger partial charge >= 0.3 is 0 Å². The summed E-state index contributed by atoms with van der Waals surface area (Å²) in [5.74, 6) is -1.49. The number of hydrogen-bond donors (Lipinski definition) is 7. The molecule has 26 nitrogen and oxygen atoms in total. The van der Waals surface area contributed by atoms with E-state index < -0.39 is 90.7 Å². The van der Waals surface area contributed by atoms with Gasteiger partial charge in [-0.3, -0.25) is 28.1 Å². The summed E-state index contributed by atoms with van der Waals surface area (Å²) in [5.41, 5.74) is 4.46. The standard InChI is InChI=1S/C30H44N7O19P3S/c1-30(2,25(43)28(44)33-8-7-20(40)32-9-10-60-21(41)11-18(39)16-3-5-17(38)6-4-16)13-53-59(50,51)56-58(48,49)52-12-19-24(55-57(45,46)47)23(42)29(54-19)37-15-36-22-26(31)34-14-35-27(22)37/h3-6,14-15,18-19,23-25,29,38-39,42-43H,7-13H2,1-2H3,(H,32,40)(H,33,44)(H,48,49)(H,50,51)(H2,31,34,35)(H2,45,46,47)/p-4/t18?,19-,23-,24-,25+,29-/m1/s1. The third kappa shape index (κ3) is 14.3. The van der Waals surface area contributed by atoms with Crippen LogP contribution in [0.1, 0.15) is 44.6 Å². The number of rotatable bonds is 22. The predicted octanol–water partition coefficient (Wildman–Crippen LogP) is -3.03. The van der Waals surface area contributed by atoms with Crippen molar-refractivity contribution in [2.24, 2.45) is 5.41 Å². The molecule has 1 aromatic carbocycles. The number of carbonyl (C=O) groups excluding carboxylic acids is 3. The number of hydrogen-bond acceptors (Lipinski definition) is 24. The van der Waals surface area contributed by atoms with Crippen molar-refractivity contribution in [1.29, 1.82) is 0 Å². The van der Waals surface area contributed by atoms with Crippen LogP contribution in [0, 0.1) is 5.41 Å². The smallest absolute Gasteiger partial charge is 0.274 e. The van der Waals surface area contributed by atoms with E-state index in [2.05, 4.69) is 43.5 Å². The summed E-state index contributed by atoms with van der Waals surface area (Å²) in [6.07, 6.45) is -9.04. The van der Waals surface area contributed by atoms with E-state index in [0.29, 0.717) is 5.56 Å². The first-order chi connectivity index (χ1) is 27.9. The average Bonchev–Trinajstić information content (AvgIpc) is 3.71. The number of benzene rings is 1. The molecule has 2 aromatic heterocycles. The molecule has 0 radical (unpaired) electrons. The number of fused-ring (bicyclic) bond motifs is 1. The fraction of sp³-hybridized carbons (Fsp3) is 0.533. The van der Waals surface area contributed by atoms with Crippen LogP contribution in [-0.4, -0.2) is 113 Å². The summed E-state index contributed by atoms with van der Waals surface area (Å²) >= 11 is 0.875. The maximum absolute atomic E-state index is 12.6. The zero-order valence-electron chi connectivity index (χ0n) is 31.4. The number of phosphoric ester groups is 3. The lowest BCUT2D eigenvalue weighted by atomic mass is 9.87. The molecule has 0 spiro atoms. The first-order valence-electron chi connectivity index (χ1n) is 17.3. The number of nitrogens with two attached hydrogens (primary N) is 1. The number of nitrogens with zero attached hydrogens (tertiary/aromatic N) is 4. The van der Waals surface area contributed by atoms with Gasteiger partial charge in [0.25, 0.3) is 15.6 Å². The molecule has 3 aromatic rings. The number of amides is 2. The third-order valence-electron chi connectivity index (χ3n) is 8.38. The summed E-state index contributed by atoms with van der Waals surface area (Å²) in [7, 11) is -17.7. The Morgan fingerprint density at radius 2 is 1.68 bits per heavy atom. The first-order valence-corrected chi connectivity index (χ1v) is 22.7. The van der Waals surface area contributed by atoms with Crippen molar-refractivity contribution in [2.75, 3.05) is 37.8 Å². The minimum atomic E-state index is -5.94.